The fourth-order valence-electron chi connectivity index (χ4n) is 3.44. The van der Waals surface area contributed by atoms with Gasteiger partial charge in [0.25, 0.3) is 0 Å². The summed E-state index contributed by atoms with van der Waals surface area (Å²) >= 11 is 0. The Hall–Kier alpha value is -1.70. The summed E-state index contributed by atoms with van der Waals surface area (Å²) in [5, 5.41) is 0. The van der Waals surface area contributed by atoms with Gasteiger partial charge in [-0.25, -0.2) is 9.97 Å². The molecule has 8 heteroatoms. The number of anilines is 2. The van der Waals surface area contributed by atoms with Crippen molar-refractivity contribution in [1.82, 2.24) is 14.9 Å². The van der Waals surface area contributed by atoms with Gasteiger partial charge in [-0.05, 0) is 30.2 Å². The second kappa shape index (κ2) is 8.33. The molecule has 1 atom stereocenters. The minimum atomic E-state index is -0.881. The van der Waals surface area contributed by atoms with E-state index in [1.165, 1.54) is 5.56 Å². The maximum absolute atomic E-state index is 12.1. The van der Waals surface area contributed by atoms with Crippen molar-refractivity contribution in [1.29, 1.82) is 0 Å². The van der Waals surface area contributed by atoms with Gasteiger partial charge < -0.3 is 9.80 Å². The molecule has 1 aromatic heterocycles. The lowest BCUT2D eigenvalue weighted by Crippen LogP contribution is -2.47. The molecule has 1 fully saturated rings. The molecule has 6 nitrogen and oxygen atoms in total. The highest BCUT2D eigenvalue weighted by Crippen LogP contribution is 2.31. The Kier molecular flexibility index (Phi) is 6.11. The van der Waals surface area contributed by atoms with Crippen LogP contribution in [0.3, 0.4) is 0 Å². The lowest BCUT2D eigenvalue weighted by molar-refractivity contribution is 0.259. The van der Waals surface area contributed by atoms with Crippen molar-refractivity contribution in [3.63, 3.8) is 0 Å². The first-order chi connectivity index (χ1) is 12.2. The van der Waals surface area contributed by atoms with Gasteiger partial charge in [0.2, 0.25) is 5.95 Å². The van der Waals surface area contributed by atoms with Crippen LogP contribution in [0.2, 0.25) is 0 Å². The fourth-order valence-corrected chi connectivity index (χ4v) is 4.81. The Bertz CT molecular complexity index is 767. The maximum atomic E-state index is 12.1. The fraction of sp³-hybridized carbons (Fsp3) is 0.444. The largest absolute Gasteiger partial charge is 0.361 e. The Balaban J connectivity index is 0.00000196. The molecule has 3 heterocycles. The summed E-state index contributed by atoms with van der Waals surface area (Å²) in [4.78, 5) is 16.4. The average Bonchev–Trinajstić information content (AvgIpc) is 2.95. The second-order valence-electron chi connectivity index (χ2n) is 6.60. The van der Waals surface area contributed by atoms with E-state index in [1.807, 2.05) is 13.1 Å². The van der Waals surface area contributed by atoms with E-state index in [2.05, 4.69) is 42.9 Å². The van der Waals surface area contributed by atoms with Crippen LogP contribution in [0, 0.1) is 0 Å². The second-order valence-corrected chi connectivity index (χ2v) is 7.99. The third-order valence-corrected chi connectivity index (χ3v) is 6.35. The summed E-state index contributed by atoms with van der Waals surface area (Å²) in [5.74, 6) is 1.44. The Morgan fingerprint density at radius 2 is 1.85 bits per heavy atom. The standard InChI is InChI=1S/C18H23N5OS.ClH/c1-21-14-25(24)17-13-15(3-4-16(17)21)5-8-22-9-11-23(12-10-22)18-19-6-2-7-20-18;/h2-4,6-7,13H,5,8-12,14H2,1H3;1H. The molecule has 0 aliphatic carbocycles. The van der Waals surface area contributed by atoms with Crippen LogP contribution >= 0.6 is 12.4 Å². The van der Waals surface area contributed by atoms with Crippen molar-refractivity contribution in [2.75, 3.05) is 55.4 Å². The molecule has 1 unspecified atom stereocenters. The normalized spacial score (nSPS) is 20.0. The van der Waals surface area contributed by atoms with E-state index < -0.39 is 10.8 Å². The van der Waals surface area contributed by atoms with Crippen LogP contribution in [0.5, 0.6) is 0 Å². The average molecular weight is 394 g/mol. The quantitative estimate of drug-likeness (QED) is 0.789. The zero-order valence-electron chi connectivity index (χ0n) is 14.9. The summed E-state index contributed by atoms with van der Waals surface area (Å²) < 4.78 is 12.1. The first-order valence-corrected chi connectivity index (χ1v) is 9.99. The van der Waals surface area contributed by atoms with Gasteiger partial charge in [0.15, 0.2) is 0 Å². The first-order valence-electron chi connectivity index (χ1n) is 8.67. The van der Waals surface area contributed by atoms with Crippen molar-refractivity contribution in [2.24, 2.45) is 0 Å². The lowest BCUT2D eigenvalue weighted by Gasteiger charge is -2.34. The van der Waals surface area contributed by atoms with Crippen LogP contribution in [0.25, 0.3) is 0 Å². The number of halogens is 1. The molecule has 0 amide bonds. The highest BCUT2D eigenvalue weighted by Gasteiger charge is 2.23. The van der Waals surface area contributed by atoms with Crippen LogP contribution in [0.4, 0.5) is 11.6 Å². The molecule has 0 spiro atoms. The van der Waals surface area contributed by atoms with E-state index in [9.17, 15) is 4.21 Å². The Morgan fingerprint density at radius 3 is 2.58 bits per heavy atom. The predicted octanol–water partition coefficient (Wildman–Crippen LogP) is 1.78. The molecule has 140 valence electrons. The molecule has 0 saturated carbocycles. The van der Waals surface area contributed by atoms with E-state index in [1.54, 1.807) is 12.4 Å². The van der Waals surface area contributed by atoms with Crippen LogP contribution in [0.1, 0.15) is 5.56 Å². The van der Waals surface area contributed by atoms with Crippen LogP contribution in [0.15, 0.2) is 41.6 Å². The zero-order chi connectivity index (χ0) is 17.2. The van der Waals surface area contributed by atoms with Crippen molar-refractivity contribution >= 4 is 34.8 Å². The van der Waals surface area contributed by atoms with Crippen molar-refractivity contribution < 1.29 is 4.21 Å². The highest BCUT2D eigenvalue weighted by atomic mass is 35.5. The number of nitrogens with zero attached hydrogens (tertiary/aromatic N) is 5. The summed E-state index contributed by atoms with van der Waals surface area (Å²) in [6.07, 6.45) is 4.59. The van der Waals surface area contributed by atoms with Crippen molar-refractivity contribution in [2.45, 2.75) is 11.3 Å². The Labute approximate surface area is 163 Å². The SMILES string of the molecule is CN1CS(=O)c2cc(CCN3CCN(c4ncccn4)CC3)ccc21.Cl. The van der Waals surface area contributed by atoms with Crippen molar-refractivity contribution in [3.05, 3.63) is 42.2 Å². The number of rotatable bonds is 4. The molecular formula is C18H24ClN5OS. The van der Waals surface area contributed by atoms with Crippen LogP contribution in [-0.2, 0) is 17.2 Å². The van der Waals surface area contributed by atoms with E-state index in [0.717, 1.165) is 55.7 Å². The number of aromatic nitrogens is 2. The minimum Gasteiger partial charge on any atom is -0.361 e. The topological polar surface area (TPSA) is 52.6 Å². The first kappa shape index (κ1) is 19.1. The predicted molar refractivity (Wildman–Crippen MR) is 108 cm³/mol. The van der Waals surface area contributed by atoms with Gasteiger partial charge in [-0.1, -0.05) is 6.07 Å². The lowest BCUT2D eigenvalue weighted by atomic mass is 10.1. The molecule has 2 aliphatic rings. The minimum absolute atomic E-state index is 0. The summed E-state index contributed by atoms with van der Waals surface area (Å²) in [5.41, 5.74) is 2.38. The summed E-state index contributed by atoms with van der Waals surface area (Å²) in [6, 6.07) is 8.26. The van der Waals surface area contributed by atoms with Crippen LogP contribution < -0.4 is 9.80 Å². The Morgan fingerprint density at radius 1 is 1.12 bits per heavy atom. The van der Waals surface area contributed by atoms with Gasteiger partial charge in [0.1, 0.15) is 0 Å². The molecule has 2 aliphatic heterocycles. The van der Waals surface area contributed by atoms with E-state index in [0.29, 0.717) is 5.88 Å². The molecule has 1 saturated heterocycles. The van der Waals surface area contributed by atoms with Crippen molar-refractivity contribution in [3.8, 4) is 0 Å². The van der Waals surface area contributed by atoms with Gasteiger partial charge in [0, 0.05) is 52.2 Å². The third-order valence-electron chi connectivity index (χ3n) is 4.92. The third kappa shape index (κ3) is 4.00. The highest BCUT2D eigenvalue weighted by molar-refractivity contribution is 7.85. The van der Waals surface area contributed by atoms with Crippen LogP contribution in [-0.4, -0.2) is 64.7 Å². The number of benzene rings is 1. The smallest absolute Gasteiger partial charge is 0.225 e. The molecule has 0 radical (unpaired) electrons. The van der Waals surface area contributed by atoms with Gasteiger partial charge in [-0.15, -0.1) is 12.4 Å². The number of fused-ring (bicyclic) bond motifs is 1. The number of piperazine rings is 1. The number of hydrogen-bond acceptors (Lipinski definition) is 6. The summed E-state index contributed by atoms with van der Waals surface area (Å²) in [6.45, 7) is 5.01. The van der Waals surface area contributed by atoms with Gasteiger partial charge in [-0.2, -0.15) is 0 Å². The van der Waals surface area contributed by atoms with Gasteiger partial charge >= 0.3 is 0 Å². The molecule has 26 heavy (non-hydrogen) atoms. The molecule has 0 bridgehead atoms. The molecule has 2 aromatic rings. The molecule has 1 aromatic carbocycles. The maximum Gasteiger partial charge on any atom is 0.225 e. The number of hydrogen-bond donors (Lipinski definition) is 0. The molecule has 0 N–H and O–H groups in total. The van der Waals surface area contributed by atoms with Gasteiger partial charge in [0.05, 0.1) is 27.3 Å². The zero-order valence-corrected chi connectivity index (χ0v) is 16.5. The van der Waals surface area contributed by atoms with E-state index in [4.69, 9.17) is 0 Å². The summed E-state index contributed by atoms with van der Waals surface area (Å²) in [7, 11) is 1.12. The van der Waals surface area contributed by atoms with Gasteiger partial charge in [-0.3, -0.25) is 9.11 Å². The van der Waals surface area contributed by atoms with E-state index >= 15 is 0 Å². The monoisotopic (exact) mass is 393 g/mol. The van der Waals surface area contributed by atoms with E-state index in [-0.39, 0.29) is 12.4 Å². The molecular weight excluding hydrogens is 370 g/mol. The molecule has 4 rings (SSSR count).